The van der Waals surface area contributed by atoms with Crippen molar-refractivity contribution < 1.29 is 26.0 Å². The molecule has 1 rings (SSSR count). The molecule has 8 heteroatoms. The van der Waals surface area contributed by atoms with Gasteiger partial charge in [-0.05, 0) is 19.1 Å². The highest BCUT2D eigenvalue weighted by Gasteiger charge is 2.35. The summed E-state index contributed by atoms with van der Waals surface area (Å²) in [5, 5.41) is 0. The largest absolute Gasteiger partial charge is 0.468 e. The van der Waals surface area contributed by atoms with E-state index >= 15 is 0 Å². The molecule has 0 saturated carbocycles. The van der Waals surface area contributed by atoms with Crippen molar-refractivity contribution in [2.75, 3.05) is 12.3 Å². The van der Waals surface area contributed by atoms with E-state index in [4.69, 9.17) is 4.42 Å². The lowest BCUT2D eigenvalue weighted by atomic mass is 10.4. The van der Waals surface area contributed by atoms with E-state index in [-0.39, 0.29) is 11.5 Å². The molecule has 98 valence electrons. The second-order valence-corrected chi connectivity index (χ2v) is 5.62. The first-order chi connectivity index (χ1) is 7.74. The Morgan fingerprint density at radius 1 is 1.41 bits per heavy atom. The van der Waals surface area contributed by atoms with Crippen molar-refractivity contribution >= 4 is 10.0 Å². The molecule has 0 unspecified atom stereocenters. The summed E-state index contributed by atoms with van der Waals surface area (Å²) in [7, 11) is -3.92. The molecular formula is C9H12F3NO3S. The number of alkyl halides is 3. The van der Waals surface area contributed by atoms with Crippen LogP contribution < -0.4 is 0 Å². The molecule has 0 aliphatic carbocycles. The molecule has 0 aliphatic rings. The standard InChI is InChI=1S/C9H12F3NO3S/c1-2-17(14,15)13(7-9(10,11)12)6-8-4-3-5-16-8/h3-5H,2,6-7H2,1H3. The average Bonchev–Trinajstić information content (AvgIpc) is 2.67. The second kappa shape index (κ2) is 5.09. The van der Waals surface area contributed by atoms with Crippen LogP contribution in [0.25, 0.3) is 0 Å². The van der Waals surface area contributed by atoms with Gasteiger partial charge in [-0.15, -0.1) is 0 Å². The van der Waals surface area contributed by atoms with Crippen LogP contribution in [0.2, 0.25) is 0 Å². The van der Waals surface area contributed by atoms with Crippen LogP contribution >= 0.6 is 0 Å². The molecule has 0 fully saturated rings. The molecule has 0 aliphatic heterocycles. The van der Waals surface area contributed by atoms with Crippen LogP contribution in [0.3, 0.4) is 0 Å². The van der Waals surface area contributed by atoms with Crippen molar-refractivity contribution in [1.82, 2.24) is 4.31 Å². The minimum Gasteiger partial charge on any atom is -0.468 e. The van der Waals surface area contributed by atoms with Gasteiger partial charge in [-0.2, -0.15) is 17.5 Å². The summed E-state index contributed by atoms with van der Waals surface area (Å²) in [6, 6.07) is 2.91. The molecule has 0 aromatic carbocycles. The lowest BCUT2D eigenvalue weighted by molar-refractivity contribution is -0.137. The van der Waals surface area contributed by atoms with Crippen molar-refractivity contribution in [3.63, 3.8) is 0 Å². The minimum absolute atomic E-state index is 0.172. The first kappa shape index (κ1) is 14.0. The molecule has 1 aromatic heterocycles. The summed E-state index contributed by atoms with van der Waals surface area (Å²) in [5.74, 6) is -0.213. The van der Waals surface area contributed by atoms with Crippen LogP contribution in [0.4, 0.5) is 13.2 Å². The third-order valence-corrected chi connectivity index (χ3v) is 3.80. The van der Waals surface area contributed by atoms with Crippen molar-refractivity contribution in [2.45, 2.75) is 19.6 Å². The summed E-state index contributed by atoms with van der Waals surface area (Å²) in [6.07, 6.45) is -3.30. The van der Waals surface area contributed by atoms with E-state index in [1.165, 1.54) is 25.3 Å². The first-order valence-electron chi connectivity index (χ1n) is 4.81. The number of sulfonamides is 1. The number of nitrogens with zero attached hydrogens (tertiary/aromatic N) is 1. The van der Waals surface area contributed by atoms with Crippen molar-refractivity contribution in [2.24, 2.45) is 0 Å². The Balaban J connectivity index is 2.87. The second-order valence-electron chi connectivity index (χ2n) is 3.36. The predicted octanol–water partition coefficient (Wildman–Crippen LogP) is 1.99. The molecule has 0 atom stereocenters. The Morgan fingerprint density at radius 3 is 2.47 bits per heavy atom. The van der Waals surface area contributed by atoms with Gasteiger partial charge in [0, 0.05) is 0 Å². The maximum absolute atomic E-state index is 12.3. The Kier molecular flexibility index (Phi) is 4.21. The highest BCUT2D eigenvalue weighted by molar-refractivity contribution is 7.89. The third kappa shape index (κ3) is 4.39. The summed E-state index contributed by atoms with van der Waals surface area (Å²) in [4.78, 5) is 0. The Morgan fingerprint density at radius 2 is 2.06 bits per heavy atom. The van der Waals surface area contributed by atoms with Crippen LogP contribution in [-0.2, 0) is 16.6 Å². The fourth-order valence-electron chi connectivity index (χ4n) is 1.21. The molecule has 0 saturated heterocycles. The zero-order valence-corrected chi connectivity index (χ0v) is 9.88. The van der Waals surface area contributed by atoms with E-state index in [9.17, 15) is 21.6 Å². The Labute approximate surface area is 97.1 Å². The molecule has 0 amide bonds. The lowest BCUT2D eigenvalue weighted by Crippen LogP contribution is -2.39. The van der Waals surface area contributed by atoms with Gasteiger partial charge >= 0.3 is 6.18 Å². The molecule has 1 aromatic rings. The van der Waals surface area contributed by atoms with Gasteiger partial charge < -0.3 is 4.42 Å². The average molecular weight is 271 g/mol. The van der Waals surface area contributed by atoms with Gasteiger partial charge in [0.15, 0.2) is 0 Å². The summed E-state index contributed by atoms with van der Waals surface area (Å²) in [6.45, 7) is -0.632. The lowest BCUT2D eigenvalue weighted by Gasteiger charge is -2.21. The summed E-state index contributed by atoms with van der Waals surface area (Å²) >= 11 is 0. The molecule has 0 radical (unpaired) electrons. The molecular weight excluding hydrogens is 259 g/mol. The van der Waals surface area contributed by atoms with Crippen LogP contribution in [0.1, 0.15) is 12.7 Å². The zero-order valence-electron chi connectivity index (χ0n) is 9.07. The number of rotatable bonds is 5. The van der Waals surface area contributed by atoms with E-state index in [0.29, 0.717) is 4.31 Å². The number of furan rings is 1. The van der Waals surface area contributed by atoms with Gasteiger partial charge in [-0.25, -0.2) is 8.42 Å². The number of hydrogen-bond donors (Lipinski definition) is 0. The van der Waals surface area contributed by atoms with E-state index in [1.807, 2.05) is 0 Å². The van der Waals surface area contributed by atoms with Crippen LogP contribution in [0.15, 0.2) is 22.8 Å². The van der Waals surface area contributed by atoms with E-state index in [1.54, 1.807) is 0 Å². The SMILES string of the molecule is CCS(=O)(=O)N(Cc1ccco1)CC(F)(F)F. The molecule has 17 heavy (non-hydrogen) atoms. The van der Waals surface area contributed by atoms with Crippen molar-refractivity contribution in [3.05, 3.63) is 24.2 Å². The molecule has 1 heterocycles. The summed E-state index contributed by atoms with van der Waals surface area (Å²) in [5.41, 5.74) is 0. The fourth-order valence-corrected chi connectivity index (χ4v) is 2.24. The highest BCUT2D eigenvalue weighted by Crippen LogP contribution is 2.20. The topological polar surface area (TPSA) is 50.5 Å². The maximum atomic E-state index is 12.3. The van der Waals surface area contributed by atoms with E-state index in [0.717, 1.165) is 0 Å². The van der Waals surface area contributed by atoms with Crippen LogP contribution in [0, 0.1) is 0 Å². The third-order valence-electron chi connectivity index (χ3n) is 2.03. The van der Waals surface area contributed by atoms with Crippen molar-refractivity contribution in [1.29, 1.82) is 0 Å². The first-order valence-corrected chi connectivity index (χ1v) is 6.42. The van der Waals surface area contributed by atoms with Crippen molar-refractivity contribution in [3.8, 4) is 0 Å². The molecule has 4 nitrogen and oxygen atoms in total. The smallest absolute Gasteiger partial charge is 0.402 e. The van der Waals surface area contributed by atoms with Gasteiger partial charge in [0.2, 0.25) is 10.0 Å². The van der Waals surface area contributed by atoms with Gasteiger partial charge in [0.05, 0.1) is 18.6 Å². The quantitative estimate of drug-likeness (QED) is 0.823. The molecule has 0 N–H and O–H groups in total. The predicted molar refractivity (Wildman–Crippen MR) is 54.6 cm³/mol. The van der Waals surface area contributed by atoms with Gasteiger partial charge in [-0.1, -0.05) is 0 Å². The number of halogens is 3. The van der Waals surface area contributed by atoms with Crippen LogP contribution in [-0.4, -0.2) is 31.2 Å². The molecule has 0 spiro atoms. The van der Waals surface area contributed by atoms with Gasteiger partial charge in [-0.3, -0.25) is 0 Å². The van der Waals surface area contributed by atoms with E-state index in [2.05, 4.69) is 0 Å². The monoisotopic (exact) mass is 271 g/mol. The zero-order chi connectivity index (χ0) is 13.1. The maximum Gasteiger partial charge on any atom is 0.402 e. The van der Waals surface area contributed by atoms with Gasteiger partial charge in [0.1, 0.15) is 12.3 Å². The Bertz CT molecular complexity index is 439. The Hall–Kier alpha value is -1.02. The van der Waals surface area contributed by atoms with E-state index < -0.39 is 29.3 Å². The van der Waals surface area contributed by atoms with Gasteiger partial charge in [0.25, 0.3) is 0 Å². The van der Waals surface area contributed by atoms with Crippen LogP contribution in [0.5, 0.6) is 0 Å². The highest BCUT2D eigenvalue weighted by atomic mass is 32.2. The summed E-state index contributed by atoms with van der Waals surface area (Å²) < 4.78 is 65.0. The number of hydrogen-bond acceptors (Lipinski definition) is 3. The fraction of sp³-hybridized carbons (Fsp3) is 0.556. The molecule has 0 bridgehead atoms. The minimum atomic E-state index is -4.57. The normalized spacial score (nSPS) is 13.2.